The highest BCUT2D eigenvalue weighted by Gasteiger charge is 2.53. The van der Waals surface area contributed by atoms with Crippen LogP contribution in [0.25, 0.3) is 0 Å². The minimum Gasteiger partial charge on any atom is -0.481 e. The van der Waals surface area contributed by atoms with Crippen molar-refractivity contribution in [2.45, 2.75) is 25.9 Å². The van der Waals surface area contributed by atoms with Crippen LogP contribution < -0.4 is 0 Å². The van der Waals surface area contributed by atoms with Crippen LogP contribution in [0.15, 0.2) is 35.2 Å². The average molecular weight is 358 g/mol. The SMILES string of the molecule is Cn1cc(CN2CCC[C@@]3(C(=O)O)CN(Cc4ccco4)C[C@H]3C2)cn1. The molecule has 7 nitrogen and oxygen atoms in total. The van der Waals surface area contributed by atoms with Gasteiger partial charge in [-0.3, -0.25) is 19.3 Å². The third-order valence-corrected chi connectivity index (χ3v) is 5.89. The maximum atomic E-state index is 12.2. The standard InChI is InChI=1S/C19H26N4O3/c1-21-9-15(8-20-21)10-22-6-3-5-19(18(24)25)14-23(12-16(19)11-22)13-17-4-2-7-26-17/h2,4,7-9,16H,3,5-6,10-14H2,1H3,(H,24,25)/t16-,19-/m1/s1. The summed E-state index contributed by atoms with van der Waals surface area (Å²) in [5, 5.41) is 14.3. The first kappa shape index (κ1) is 17.3. The topological polar surface area (TPSA) is 74.7 Å². The molecular formula is C19H26N4O3. The molecule has 0 spiro atoms. The van der Waals surface area contributed by atoms with Crippen LogP contribution in [0.2, 0.25) is 0 Å². The van der Waals surface area contributed by atoms with Gasteiger partial charge < -0.3 is 9.52 Å². The average Bonchev–Trinajstić information content (AvgIpc) is 3.29. The summed E-state index contributed by atoms with van der Waals surface area (Å²) in [5.74, 6) is 0.385. The number of likely N-dealkylation sites (tertiary alicyclic amines) is 2. The molecule has 140 valence electrons. The number of nitrogens with zero attached hydrogens (tertiary/aromatic N) is 4. The molecule has 0 unspecified atom stereocenters. The number of carboxylic acids is 1. The van der Waals surface area contributed by atoms with Crippen molar-refractivity contribution in [3.8, 4) is 0 Å². The van der Waals surface area contributed by atoms with Crippen LogP contribution >= 0.6 is 0 Å². The second-order valence-corrected chi connectivity index (χ2v) is 7.77. The molecule has 7 heteroatoms. The van der Waals surface area contributed by atoms with Gasteiger partial charge in [-0.25, -0.2) is 0 Å². The number of aryl methyl sites for hydroxylation is 1. The van der Waals surface area contributed by atoms with Crippen molar-refractivity contribution >= 4 is 5.97 Å². The monoisotopic (exact) mass is 358 g/mol. The number of carboxylic acid groups (broad SMARTS) is 1. The predicted octanol–water partition coefficient (Wildman–Crippen LogP) is 1.81. The van der Waals surface area contributed by atoms with Gasteiger partial charge in [0.15, 0.2) is 0 Å². The quantitative estimate of drug-likeness (QED) is 0.879. The fourth-order valence-electron chi connectivity index (χ4n) is 4.66. The predicted molar refractivity (Wildman–Crippen MR) is 95.3 cm³/mol. The van der Waals surface area contributed by atoms with E-state index in [-0.39, 0.29) is 5.92 Å². The summed E-state index contributed by atoms with van der Waals surface area (Å²) in [4.78, 5) is 16.9. The second-order valence-electron chi connectivity index (χ2n) is 7.77. The summed E-state index contributed by atoms with van der Waals surface area (Å²) in [5.41, 5.74) is 0.539. The highest BCUT2D eigenvalue weighted by atomic mass is 16.4. The van der Waals surface area contributed by atoms with Gasteiger partial charge in [0.25, 0.3) is 0 Å². The van der Waals surface area contributed by atoms with Gasteiger partial charge in [0.2, 0.25) is 0 Å². The Morgan fingerprint density at radius 1 is 1.38 bits per heavy atom. The van der Waals surface area contributed by atoms with Gasteiger partial charge in [0.1, 0.15) is 5.76 Å². The third-order valence-electron chi connectivity index (χ3n) is 5.89. The Morgan fingerprint density at radius 2 is 2.23 bits per heavy atom. The fraction of sp³-hybridized carbons (Fsp3) is 0.579. The van der Waals surface area contributed by atoms with E-state index in [1.54, 1.807) is 6.26 Å². The lowest BCUT2D eigenvalue weighted by Crippen LogP contribution is -2.41. The Balaban J connectivity index is 1.49. The molecule has 2 saturated heterocycles. The normalized spacial score (nSPS) is 27.3. The van der Waals surface area contributed by atoms with E-state index in [2.05, 4.69) is 14.9 Å². The Bertz CT molecular complexity index is 757. The van der Waals surface area contributed by atoms with Gasteiger partial charge in [0.05, 0.1) is 24.4 Å². The molecule has 2 fully saturated rings. The van der Waals surface area contributed by atoms with E-state index >= 15 is 0 Å². The summed E-state index contributed by atoms with van der Waals surface area (Å²) in [6.45, 7) is 4.68. The van der Waals surface area contributed by atoms with E-state index in [9.17, 15) is 9.90 Å². The van der Waals surface area contributed by atoms with Crippen LogP contribution in [0, 0.1) is 11.3 Å². The highest BCUT2D eigenvalue weighted by Crippen LogP contribution is 2.43. The largest absolute Gasteiger partial charge is 0.481 e. The first-order valence-corrected chi connectivity index (χ1v) is 9.23. The first-order chi connectivity index (χ1) is 12.5. The van der Waals surface area contributed by atoms with E-state index in [1.165, 1.54) is 5.56 Å². The summed E-state index contributed by atoms with van der Waals surface area (Å²) in [6.07, 6.45) is 7.26. The smallest absolute Gasteiger partial charge is 0.311 e. The summed E-state index contributed by atoms with van der Waals surface area (Å²) in [6, 6.07) is 3.84. The Morgan fingerprint density at radius 3 is 2.92 bits per heavy atom. The van der Waals surface area contributed by atoms with Gasteiger partial charge in [0, 0.05) is 50.9 Å². The van der Waals surface area contributed by atoms with Gasteiger partial charge in [-0.2, -0.15) is 5.10 Å². The van der Waals surface area contributed by atoms with Crippen molar-refractivity contribution in [1.82, 2.24) is 19.6 Å². The van der Waals surface area contributed by atoms with Crippen LogP contribution in [0.5, 0.6) is 0 Å². The number of carbonyl (C=O) groups is 1. The zero-order chi connectivity index (χ0) is 18.1. The van der Waals surface area contributed by atoms with Crippen molar-refractivity contribution in [2.75, 3.05) is 26.2 Å². The van der Waals surface area contributed by atoms with Gasteiger partial charge in [-0.1, -0.05) is 0 Å². The number of hydrogen-bond donors (Lipinski definition) is 1. The molecule has 2 atom stereocenters. The number of aliphatic carboxylic acids is 1. The molecule has 26 heavy (non-hydrogen) atoms. The highest BCUT2D eigenvalue weighted by molar-refractivity contribution is 5.76. The lowest BCUT2D eigenvalue weighted by Gasteiger charge is -2.29. The molecule has 0 bridgehead atoms. The van der Waals surface area contributed by atoms with Crippen LogP contribution in [0.4, 0.5) is 0 Å². The summed E-state index contributed by atoms with van der Waals surface area (Å²) in [7, 11) is 1.92. The maximum Gasteiger partial charge on any atom is 0.311 e. The molecule has 2 aromatic rings. The van der Waals surface area contributed by atoms with Crippen molar-refractivity contribution < 1.29 is 14.3 Å². The zero-order valence-corrected chi connectivity index (χ0v) is 15.2. The molecule has 0 amide bonds. The molecule has 0 saturated carbocycles. The molecule has 2 aliphatic rings. The fourth-order valence-corrected chi connectivity index (χ4v) is 4.66. The second kappa shape index (κ2) is 6.89. The van der Waals surface area contributed by atoms with Crippen LogP contribution in [-0.2, 0) is 24.9 Å². The van der Waals surface area contributed by atoms with Crippen LogP contribution in [0.1, 0.15) is 24.2 Å². The molecule has 0 radical (unpaired) electrons. The van der Waals surface area contributed by atoms with Crippen molar-refractivity contribution in [3.05, 3.63) is 42.1 Å². The lowest BCUT2D eigenvalue weighted by molar-refractivity contribution is -0.151. The van der Waals surface area contributed by atoms with Crippen molar-refractivity contribution in [2.24, 2.45) is 18.4 Å². The van der Waals surface area contributed by atoms with Crippen LogP contribution in [0.3, 0.4) is 0 Å². The van der Waals surface area contributed by atoms with Gasteiger partial charge >= 0.3 is 5.97 Å². The van der Waals surface area contributed by atoms with Gasteiger partial charge in [-0.05, 0) is 31.5 Å². The zero-order valence-electron chi connectivity index (χ0n) is 15.2. The number of rotatable bonds is 5. The number of aromatic nitrogens is 2. The van der Waals surface area contributed by atoms with E-state index in [0.717, 1.165) is 44.8 Å². The minimum atomic E-state index is -0.646. The van der Waals surface area contributed by atoms with E-state index in [0.29, 0.717) is 13.1 Å². The lowest BCUT2D eigenvalue weighted by atomic mass is 9.75. The Kier molecular flexibility index (Phi) is 4.58. The minimum absolute atomic E-state index is 0.133. The van der Waals surface area contributed by atoms with E-state index in [4.69, 9.17) is 4.42 Å². The summed E-state index contributed by atoms with van der Waals surface area (Å²) >= 11 is 0. The van der Waals surface area contributed by atoms with Crippen molar-refractivity contribution in [3.63, 3.8) is 0 Å². The Labute approximate surface area is 153 Å². The van der Waals surface area contributed by atoms with Crippen LogP contribution in [-0.4, -0.2) is 56.8 Å². The number of fused-ring (bicyclic) bond motifs is 1. The third kappa shape index (κ3) is 3.29. The van der Waals surface area contributed by atoms with E-state index < -0.39 is 11.4 Å². The molecule has 1 N–H and O–H groups in total. The molecule has 0 aliphatic carbocycles. The molecule has 0 aromatic carbocycles. The first-order valence-electron chi connectivity index (χ1n) is 9.23. The van der Waals surface area contributed by atoms with Crippen molar-refractivity contribution in [1.29, 1.82) is 0 Å². The Hall–Kier alpha value is -2.12. The molecular weight excluding hydrogens is 332 g/mol. The molecule has 4 heterocycles. The molecule has 2 aromatic heterocycles. The summed E-state index contributed by atoms with van der Waals surface area (Å²) < 4.78 is 7.28. The number of hydrogen-bond acceptors (Lipinski definition) is 5. The number of furan rings is 1. The van der Waals surface area contributed by atoms with E-state index in [1.807, 2.05) is 36.3 Å². The molecule has 4 rings (SSSR count). The van der Waals surface area contributed by atoms with Gasteiger partial charge in [-0.15, -0.1) is 0 Å². The molecule has 2 aliphatic heterocycles. The maximum absolute atomic E-state index is 12.2.